The van der Waals surface area contributed by atoms with E-state index in [0.717, 1.165) is 22.6 Å². The van der Waals surface area contributed by atoms with E-state index in [2.05, 4.69) is 57.1 Å². The van der Waals surface area contributed by atoms with Crippen molar-refractivity contribution in [2.45, 2.75) is 27.3 Å². The van der Waals surface area contributed by atoms with Crippen LogP contribution >= 0.6 is 0 Å². The highest BCUT2D eigenvalue weighted by atomic mass is 16.1. The Bertz CT molecular complexity index is 1220. The van der Waals surface area contributed by atoms with Crippen LogP contribution in [-0.4, -0.2) is 35.9 Å². The summed E-state index contributed by atoms with van der Waals surface area (Å²) in [7, 11) is 0. The number of hydrogen-bond acceptors (Lipinski definition) is 5. The molecular formula is C23H23N7O. The summed E-state index contributed by atoms with van der Waals surface area (Å²) >= 11 is 0. The molecular weight excluding hydrogens is 390 g/mol. The van der Waals surface area contributed by atoms with Gasteiger partial charge in [-0.25, -0.2) is 4.68 Å². The summed E-state index contributed by atoms with van der Waals surface area (Å²) in [6, 6.07) is 15.7. The molecule has 0 atom stereocenters. The van der Waals surface area contributed by atoms with E-state index in [1.165, 1.54) is 28.2 Å². The van der Waals surface area contributed by atoms with Gasteiger partial charge in [0.25, 0.3) is 0 Å². The predicted octanol–water partition coefficient (Wildman–Crippen LogP) is 3.48. The van der Waals surface area contributed by atoms with Crippen molar-refractivity contribution in [2.24, 2.45) is 0 Å². The Morgan fingerprint density at radius 1 is 1.10 bits per heavy atom. The Labute approximate surface area is 180 Å². The van der Waals surface area contributed by atoms with Gasteiger partial charge in [-0.3, -0.25) is 9.48 Å². The van der Waals surface area contributed by atoms with E-state index < -0.39 is 0 Å². The molecule has 0 radical (unpaired) electrons. The third-order valence-corrected chi connectivity index (χ3v) is 5.02. The van der Waals surface area contributed by atoms with Crippen LogP contribution in [0.3, 0.4) is 0 Å². The molecule has 0 aliphatic carbocycles. The topological polar surface area (TPSA) is 90.5 Å². The van der Waals surface area contributed by atoms with Crippen LogP contribution in [0.5, 0.6) is 0 Å². The maximum atomic E-state index is 12.5. The fourth-order valence-corrected chi connectivity index (χ4v) is 3.32. The number of nitrogens with zero attached hydrogens (tertiary/aromatic N) is 6. The summed E-state index contributed by atoms with van der Waals surface area (Å²) in [4.78, 5) is 12.5. The monoisotopic (exact) mass is 413 g/mol. The van der Waals surface area contributed by atoms with E-state index in [0.29, 0.717) is 12.2 Å². The molecule has 4 aromatic rings. The van der Waals surface area contributed by atoms with Crippen molar-refractivity contribution in [3.63, 3.8) is 0 Å². The molecule has 4 rings (SSSR count). The molecule has 0 bridgehead atoms. The Morgan fingerprint density at radius 2 is 1.90 bits per heavy atom. The Balaban J connectivity index is 1.46. The van der Waals surface area contributed by atoms with Gasteiger partial charge in [-0.2, -0.15) is 5.10 Å². The minimum atomic E-state index is -0.223. The number of amides is 1. The number of tetrazole rings is 1. The summed E-state index contributed by atoms with van der Waals surface area (Å²) in [5.74, 6) is -0.223. The normalized spacial score (nSPS) is 11.2. The SMILES string of the molecule is Cc1ccc(Cn2nc(C)c(/C=C/C(=O)Nc3cccc(-n4cnnn4)c3)c2C)cc1. The van der Waals surface area contributed by atoms with Gasteiger partial charge in [0.1, 0.15) is 6.33 Å². The molecule has 31 heavy (non-hydrogen) atoms. The maximum Gasteiger partial charge on any atom is 0.248 e. The number of carbonyl (C=O) groups is 1. The van der Waals surface area contributed by atoms with Crippen LogP contribution in [0, 0.1) is 20.8 Å². The standard InChI is InChI=1S/C23H23N7O/c1-16-7-9-19(10-8-16)14-29-18(3)22(17(2)26-29)11-12-23(31)25-20-5-4-6-21(13-20)30-15-24-27-28-30/h4-13,15H,14H2,1-3H3,(H,25,31)/b12-11+. The zero-order valence-corrected chi connectivity index (χ0v) is 17.6. The van der Waals surface area contributed by atoms with Crippen LogP contribution in [0.4, 0.5) is 5.69 Å². The number of aromatic nitrogens is 6. The molecule has 2 aromatic heterocycles. The van der Waals surface area contributed by atoms with Crippen molar-refractivity contribution in [2.75, 3.05) is 5.32 Å². The third-order valence-electron chi connectivity index (χ3n) is 5.02. The van der Waals surface area contributed by atoms with Crippen molar-refractivity contribution in [3.8, 4) is 5.69 Å². The fourth-order valence-electron chi connectivity index (χ4n) is 3.32. The number of aryl methyl sites for hydroxylation is 2. The van der Waals surface area contributed by atoms with Gasteiger partial charge in [0, 0.05) is 23.0 Å². The first kappa shape index (κ1) is 20.2. The van der Waals surface area contributed by atoms with Gasteiger partial charge >= 0.3 is 0 Å². The van der Waals surface area contributed by atoms with Crippen molar-refractivity contribution >= 4 is 17.7 Å². The molecule has 1 N–H and O–H groups in total. The molecule has 2 heterocycles. The van der Waals surface area contributed by atoms with Gasteiger partial charge in [0.05, 0.1) is 17.9 Å². The molecule has 8 heteroatoms. The molecule has 0 aliphatic heterocycles. The minimum absolute atomic E-state index is 0.223. The number of carbonyl (C=O) groups excluding carboxylic acids is 1. The van der Waals surface area contributed by atoms with Crippen LogP contribution in [0.15, 0.2) is 60.9 Å². The zero-order valence-electron chi connectivity index (χ0n) is 17.6. The first-order valence-electron chi connectivity index (χ1n) is 9.91. The highest BCUT2D eigenvalue weighted by Gasteiger charge is 2.10. The molecule has 0 aliphatic rings. The summed E-state index contributed by atoms with van der Waals surface area (Å²) < 4.78 is 3.49. The van der Waals surface area contributed by atoms with E-state index in [-0.39, 0.29) is 5.91 Å². The van der Waals surface area contributed by atoms with Crippen molar-refractivity contribution in [3.05, 3.63) is 89.0 Å². The minimum Gasteiger partial charge on any atom is -0.322 e. The Morgan fingerprint density at radius 3 is 2.65 bits per heavy atom. The third kappa shape index (κ3) is 4.75. The largest absolute Gasteiger partial charge is 0.322 e. The maximum absolute atomic E-state index is 12.5. The second-order valence-corrected chi connectivity index (χ2v) is 7.36. The lowest BCUT2D eigenvalue weighted by atomic mass is 10.1. The molecule has 156 valence electrons. The van der Waals surface area contributed by atoms with Gasteiger partial charge in [-0.05, 0) is 61.0 Å². The van der Waals surface area contributed by atoms with Crippen LogP contribution in [-0.2, 0) is 11.3 Å². The van der Waals surface area contributed by atoms with E-state index in [1.807, 2.05) is 42.8 Å². The quantitative estimate of drug-likeness (QED) is 0.489. The summed E-state index contributed by atoms with van der Waals surface area (Å²) in [5, 5.41) is 18.6. The number of anilines is 1. The van der Waals surface area contributed by atoms with Crippen LogP contribution in [0.1, 0.15) is 28.1 Å². The second-order valence-electron chi connectivity index (χ2n) is 7.36. The first-order valence-corrected chi connectivity index (χ1v) is 9.91. The van der Waals surface area contributed by atoms with Gasteiger partial charge in [-0.1, -0.05) is 35.9 Å². The Kier molecular flexibility index (Phi) is 5.70. The molecule has 0 unspecified atom stereocenters. The molecule has 0 saturated heterocycles. The average Bonchev–Trinajstić information content (AvgIpc) is 3.38. The van der Waals surface area contributed by atoms with Crippen molar-refractivity contribution in [1.29, 1.82) is 0 Å². The Hall–Kier alpha value is -4.07. The van der Waals surface area contributed by atoms with Gasteiger partial charge in [0.15, 0.2) is 0 Å². The van der Waals surface area contributed by atoms with Gasteiger partial charge in [0.2, 0.25) is 5.91 Å². The molecule has 0 spiro atoms. The molecule has 0 saturated carbocycles. The lowest BCUT2D eigenvalue weighted by Crippen LogP contribution is -2.08. The van der Waals surface area contributed by atoms with E-state index in [1.54, 1.807) is 6.07 Å². The second kappa shape index (κ2) is 8.74. The van der Waals surface area contributed by atoms with E-state index >= 15 is 0 Å². The zero-order chi connectivity index (χ0) is 21.8. The number of benzene rings is 2. The highest BCUT2D eigenvalue weighted by Crippen LogP contribution is 2.18. The van der Waals surface area contributed by atoms with E-state index in [4.69, 9.17) is 0 Å². The average molecular weight is 413 g/mol. The molecule has 0 fully saturated rings. The summed E-state index contributed by atoms with van der Waals surface area (Å²) in [6.07, 6.45) is 4.83. The van der Waals surface area contributed by atoms with Gasteiger partial charge < -0.3 is 5.32 Å². The van der Waals surface area contributed by atoms with Crippen LogP contribution in [0.25, 0.3) is 11.8 Å². The summed E-state index contributed by atoms with van der Waals surface area (Å²) in [5.41, 5.74) is 6.69. The number of rotatable bonds is 6. The smallest absolute Gasteiger partial charge is 0.248 e. The highest BCUT2D eigenvalue weighted by molar-refractivity contribution is 6.02. The van der Waals surface area contributed by atoms with E-state index in [9.17, 15) is 4.79 Å². The van der Waals surface area contributed by atoms with Crippen molar-refractivity contribution < 1.29 is 4.79 Å². The molecule has 8 nitrogen and oxygen atoms in total. The molecule has 2 aromatic carbocycles. The summed E-state index contributed by atoms with van der Waals surface area (Å²) in [6.45, 7) is 6.73. The first-order chi connectivity index (χ1) is 15.0. The van der Waals surface area contributed by atoms with Crippen LogP contribution in [0.2, 0.25) is 0 Å². The fraction of sp³-hybridized carbons (Fsp3) is 0.174. The molecule has 1 amide bonds. The van der Waals surface area contributed by atoms with Gasteiger partial charge in [-0.15, -0.1) is 5.10 Å². The van der Waals surface area contributed by atoms with Crippen molar-refractivity contribution in [1.82, 2.24) is 30.0 Å². The lowest BCUT2D eigenvalue weighted by Gasteiger charge is -2.06. The van der Waals surface area contributed by atoms with Crippen LogP contribution < -0.4 is 5.32 Å². The lowest BCUT2D eigenvalue weighted by molar-refractivity contribution is -0.111. The predicted molar refractivity (Wildman–Crippen MR) is 119 cm³/mol. The number of nitrogens with one attached hydrogen (secondary N) is 1. The number of hydrogen-bond donors (Lipinski definition) is 1.